The molecule has 0 fully saturated rings. The van der Waals surface area contributed by atoms with E-state index in [1.54, 1.807) is 0 Å². The Morgan fingerprint density at radius 2 is 1.08 bits per heavy atom. The van der Waals surface area contributed by atoms with Gasteiger partial charge in [0.05, 0.1) is 0 Å². The number of hydrogen-bond donors (Lipinski definition) is 0. The Kier molecular flexibility index (Phi) is 9.09. The minimum atomic E-state index is 0.587. The summed E-state index contributed by atoms with van der Waals surface area (Å²) in [4.78, 5) is 0. The van der Waals surface area contributed by atoms with Crippen molar-refractivity contribution in [1.82, 2.24) is 0 Å². The first-order chi connectivity index (χ1) is 11.2. The van der Waals surface area contributed by atoms with E-state index in [1.165, 1.54) is 49.7 Å². The molecule has 0 radical (unpaired) electrons. The van der Waals surface area contributed by atoms with Crippen LogP contribution in [0.3, 0.4) is 0 Å². The summed E-state index contributed by atoms with van der Waals surface area (Å²) in [5.41, 5.74) is 2.93. The van der Waals surface area contributed by atoms with Gasteiger partial charge in [0.25, 0.3) is 0 Å². The normalized spacial score (nSPS) is 27.0. The minimum Gasteiger partial charge on any atom is -0.0995 e. The van der Waals surface area contributed by atoms with E-state index in [9.17, 15) is 0 Å². The predicted molar refractivity (Wildman–Crippen MR) is 110 cm³/mol. The lowest BCUT2D eigenvalue weighted by Gasteiger charge is -2.40. The Morgan fingerprint density at radius 3 is 1.38 bits per heavy atom. The first-order valence-electron chi connectivity index (χ1n) is 10.3. The van der Waals surface area contributed by atoms with Crippen LogP contribution in [0.5, 0.6) is 0 Å². The average Bonchev–Trinajstić information content (AvgIpc) is 2.48. The van der Waals surface area contributed by atoms with Gasteiger partial charge in [-0.05, 0) is 61.2 Å². The molecule has 0 heteroatoms. The van der Waals surface area contributed by atoms with E-state index in [0.717, 1.165) is 11.8 Å². The second-order valence-electron chi connectivity index (χ2n) is 9.04. The van der Waals surface area contributed by atoms with Crippen molar-refractivity contribution in [3.05, 3.63) is 36.5 Å². The molecular weight excluding hydrogens is 288 g/mol. The van der Waals surface area contributed by atoms with Gasteiger partial charge in [-0.2, -0.15) is 0 Å². The molecule has 0 nitrogen and oxygen atoms in total. The van der Waals surface area contributed by atoms with Crippen molar-refractivity contribution in [3.63, 3.8) is 0 Å². The fourth-order valence-electron chi connectivity index (χ4n) is 4.30. The average molecular weight is 331 g/mol. The third-order valence-electron chi connectivity index (χ3n) is 5.74. The predicted octanol–water partition coefficient (Wildman–Crippen LogP) is 7.83. The first kappa shape index (κ1) is 21.3. The van der Waals surface area contributed by atoms with Crippen molar-refractivity contribution < 1.29 is 0 Å². The van der Waals surface area contributed by atoms with Gasteiger partial charge in [-0.3, -0.25) is 0 Å². The lowest BCUT2D eigenvalue weighted by Crippen LogP contribution is -2.31. The van der Waals surface area contributed by atoms with E-state index in [0.29, 0.717) is 23.7 Å². The van der Waals surface area contributed by atoms with Crippen LogP contribution < -0.4 is 0 Å². The molecule has 1 rings (SSSR count). The molecule has 24 heavy (non-hydrogen) atoms. The van der Waals surface area contributed by atoms with Crippen LogP contribution >= 0.6 is 0 Å². The van der Waals surface area contributed by atoms with Crippen molar-refractivity contribution in [2.75, 3.05) is 0 Å². The van der Waals surface area contributed by atoms with Crippen molar-refractivity contribution in [3.8, 4) is 0 Å². The van der Waals surface area contributed by atoms with Crippen LogP contribution in [0.4, 0.5) is 0 Å². The highest BCUT2D eigenvalue weighted by Gasteiger charge is 2.35. The Balaban J connectivity index is 2.74. The van der Waals surface area contributed by atoms with Gasteiger partial charge in [-0.15, -0.1) is 0 Å². The van der Waals surface area contributed by atoms with Crippen LogP contribution in [0.25, 0.3) is 0 Å². The molecule has 1 aliphatic rings. The van der Waals surface area contributed by atoms with Crippen LogP contribution in [0, 0.1) is 35.5 Å². The summed E-state index contributed by atoms with van der Waals surface area (Å²) in [5.74, 6) is 3.95. The number of allylic oxidation sites excluding steroid dienone is 4. The van der Waals surface area contributed by atoms with E-state index < -0.39 is 0 Å². The molecule has 0 bridgehead atoms. The molecule has 0 spiro atoms. The van der Waals surface area contributed by atoms with Crippen molar-refractivity contribution >= 4 is 0 Å². The monoisotopic (exact) mass is 330 g/mol. The summed E-state index contributed by atoms with van der Waals surface area (Å²) in [6, 6.07) is 0. The number of hydrogen-bond acceptors (Lipinski definition) is 0. The van der Waals surface area contributed by atoms with Crippen molar-refractivity contribution in [2.24, 2.45) is 35.5 Å². The van der Waals surface area contributed by atoms with E-state index in [1.807, 2.05) is 0 Å². The molecule has 0 amide bonds. The summed E-state index contributed by atoms with van der Waals surface area (Å²) >= 11 is 0. The minimum absolute atomic E-state index is 0.587. The zero-order chi connectivity index (χ0) is 18.3. The molecule has 0 aromatic heterocycles. The lowest BCUT2D eigenvalue weighted by molar-refractivity contribution is 0.271. The maximum Gasteiger partial charge on any atom is -0.00745 e. The van der Waals surface area contributed by atoms with E-state index >= 15 is 0 Å². The highest BCUT2D eigenvalue weighted by molar-refractivity contribution is 5.22. The van der Waals surface area contributed by atoms with E-state index in [4.69, 9.17) is 0 Å². The van der Waals surface area contributed by atoms with Gasteiger partial charge in [0.1, 0.15) is 0 Å². The summed E-state index contributed by atoms with van der Waals surface area (Å²) in [6.45, 7) is 23.1. The summed E-state index contributed by atoms with van der Waals surface area (Å²) in [6.07, 6.45) is 12.4. The second kappa shape index (κ2) is 10.3. The van der Waals surface area contributed by atoms with Crippen LogP contribution in [0.1, 0.15) is 80.1 Å². The molecule has 0 aromatic rings. The van der Waals surface area contributed by atoms with Gasteiger partial charge >= 0.3 is 0 Å². The molecule has 0 heterocycles. The first-order valence-corrected chi connectivity index (χ1v) is 10.3. The van der Waals surface area contributed by atoms with Crippen LogP contribution in [-0.4, -0.2) is 0 Å². The van der Waals surface area contributed by atoms with Gasteiger partial charge in [0.15, 0.2) is 0 Å². The lowest BCUT2D eigenvalue weighted by atomic mass is 9.64. The molecule has 1 aliphatic carbocycles. The summed E-state index contributed by atoms with van der Waals surface area (Å²) < 4.78 is 0. The van der Waals surface area contributed by atoms with E-state index in [-0.39, 0.29) is 0 Å². The van der Waals surface area contributed by atoms with Crippen molar-refractivity contribution in [2.45, 2.75) is 80.1 Å². The Labute approximate surface area is 152 Å². The van der Waals surface area contributed by atoms with Crippen LogP contribution in [-0.2, 0) is 0 Å². The maximum absolute atomic E-state index is 4.53. The third kappa shape index (κ3) is 6.61. The molecule has 4 atom stereocenters. The van der Waals surface area contributed by atoms with Crippen LogP contribution in [0.2, 0.25) is 0 Å². The van der Waals surface area contributed by atoms with Gasteiger partial charge in [-0.1, -0.05) is 90.8 Å². The quantitative estimate of drug-likeness (QED) is 0.358. The molecule has 4 unspecified atom stereocenters. The van der Waals surface area contributed by atoms with Crippen molar-refractivity contribution in [1.29, 1.82) is 0 Å². The molecule has 0 aliphatic heterocycles. The maximum atomic E-state index is 4.53. The largest absolute Gasteiger partial charge is 0.0995 e. The Morgan fingerprint density at radius 1 is 0.750 bits per heavy atom. The second-order valence-corrected chi connectivity index (χ2v) is 9.04. The molecule has 0 saturated carbocycles. The van der Waals surface area contributed by atoms with Crippen LogP contribution in [0.15, 0.2) is 36.5 Å². The van der Waals surface area contributed by atoms with E-state index in [2.05, 4.69) is 66.9 Å². The molecule has 0 aromatic carbocycles. The SMILES string of the molecule is C=C(CCCC(C)C)C1C(C)C=CC(C)C1C(=C)CCCC(C)C. The fraction of sp³-hybridized carbons (Fsp3) is 0.750. The highest BCUT2D eigenvalue weighted by atomic mass is 14.4. The molecule has 0 N–H and O–H groups in total. The van der Waals surface area contributed by atoms with Gasteiger partial charge in [-0.25, -0.2) is 0 Å². The van der Waals surface area contributed by atoms with Gasteiger partial charge in [0.2, 0.25) is 0 Å². The summed E-state index contributed by atoms with van der Waals surface area (Å²) in [7, 11) is 0. The highest BCUT2D eigenvalue weighted by Crippen LogP contribution is 2.44. The Bertz CT molecular complexity index is 383. The van der Waals surface area contributed by atoms with Gasteiger partial charge in [0, 0.05) is 0 Å². The standard InChI is InChI=1S/C24H42/c1-17(2)11-9-13-19(5)23-21(7)15-16-22(8)24(23)20(6)14-10-12-18(3)4/h15-18,21-24H,5-6,9-14H2,1-4,7-8H3. The molecule has 138 valence electrons. The zero-order valence-electron chi connectivity index (χ0n) is 17.3. The topological polar surface area (TPSA) is 0 Å². The molecule has 0 saturated heterocycles. The number of rotatable bonds is 10. The van der Waals surface area contributed by atoms with Gasteiger partial charge < -0.3 is 0 Å². The smallest absolute Gasteiger partial charge is 0.00745 e. The fourth-order valence-corrected chi connectivity index (χ4v) is 4.30. The zero-order valence-corrected chi connectivity index (χ0v) is 17.3. The third-order valence-corrected chi connectivity index (χ3v) is 5.74. The Hall–Kier alpha value is -0.780. The molecular formula is C24H42. The summed E-state index contributed by atoms with van der Waals surface area (Å²) in [5, 5.41) is 0.